The molecule has 2 aliphatic carbocycles. The van der Waals surface area contributed by atoms with Gasteiger partial charge >= 0.3 is 0 Å². The van der Waals surface area contributed by atoms with Gasteiger partial charge in [-0.05, 0) is 120 Å². The largest absolute Gasteiger partial charge is 0.350 e. The van der Waals surface area contributed by atoms with Crippen LogP contribution in [0.4, 0.5) is 0 Å². The molecule has 54 heavy (non-hydrogen) atoms. The fourth-order valence-corrected chi connectivity index (χ4v) is 8.40. The zero-order valence-corrected chi connectivity index (χ0v) is 30.7. The second-order valence-electron chi connectivity index (χ2n) is 14.7. The molecule has 0 bridgehead atoms. The number of benzene rings is 4. The van der Waals surface area contributed by atoms with Crippen LogP contribution in [-0.4, -0.2) is 34.4 Å². The Bertz CT molecular complexity index is 2270. The van der Waals surface area contributed by atoms with Crippen LogP contribution in [0.25, 0.3) is 21.5 Å². The molecule has 0 saturated carbocycles. The van der Waals surface area contributed by atoms with Crippen LogP contribution in [0.15, 0.2) is 116 Å². The Morgan fingerprint density at radius 3 is 2.06 bits per heavy atom. The van der Waals surface area contributed by atoms with Gasteiger partial charge in [-0.25, -0.2) is 0 Å². The van der Waals surface area contributed by atoms with E-state index < -0.39 is 6.04 Å². The van der Waals surface area contributed by atoms with E-state index in [-0.39, 0.29) is 23.9 Å². The first kappa shape index (κ1) is 35.6. The van der Waals surface area contributed by atoms with Gasteiger partial charge in [0.1, 0.15) is 6.04 Å². The van der Waals surface area contributed by atoms with Crippen molar-refractivity contribution in [2.45, 2.75) is 82.6 Å². The SMILES string of the molecule is O=C(N[C@@H](CCCNC1CCCc2cccnc21)C(=O)NCc1cccc2ccccc12)c1ccc(CNC2CCCc3cccnc32)c2ccccc12. The van der Waals surface area contributed by atoms with Gasteiger partial charge in [-0.3, -0.25) is 19.6 Å². The van der Waals surface area contributed by atoms with Gasteiger partial charge in [0.15, 0.2) is 0 Å². The Hall–Kier alpha value is -5.44. The number of nitrogens with zero attached hydrogens (tertiary/aromatic N) is 2. The predicted molar refractivity (Wildman–Crippen MR) is 215 cm³/mol. The van der Waals surface area contributed by atoms with Crippen LogP contribution in [-0.2, 0) is 30.7 Å². The van der Waals surface area contributed by atoms with E-state index in [2.05, 4.69) is 62.6 Å². The van der Waals surface area contributed by atoms with Gasteiger partial charge in [0.05, 0.1) is 17.4 Å². The van der Waals surface area contributed by atoms with Crippen molar-refractivity contribution in [1.29, 1.82) is 0 Å². The third-order valence-corrected chi connectivity index (χ3v) is 11.2. The van der Waals surface area contributed by atoms with Crippen LogP contribution in [0.3, 0.4) is 0 Å². The summed E-state index contributed by atoms with van der Waals surface area (Å²) in [7, 11) is 0. The monoisotopic (exact) mass is 716 g/mol. The molecule has 8 nitrogen and oxygen atoms in total. The molecule has 4 N–H and O–H groups in total. The number of amides is 2. The highest BCUT2D eigenvalue weighted by atomic mass is 16.2. The first-order chi connectivity index (χ1) is 26.6. The third kappa shape index (κ3) is 7.91. The molecule has 8 rings (SSSR count). The van der Waals surface area contributed by atoms with Crippen molar-refractivity contribution in [3.05, 3.63) is 155 Å². The molecule has 0 saturated heterocycles. The standard InChI is InChI=1S/C46H48N6O2/c53-45(39-25-24-35(37-19-3-4-20-38(37)39)29-50-41-22-7-14-33-17-9-28-49-44(33)41)52-42(23-10-26-47-40-21-6-13-32-16-8-27-48-43(32)40)46(54)51-30-34-15-5-12-31-11-1-2-18-36(31)34/h1-5,8-9,11-12,15-20,24-25,27-28,40-42,47,50H,6-7,10,13-14,21-23,26,29-30H2,(H,51,54)(H,52,53)/t40?,41?,42-/m0/s1. The second-order valence-corrected chi connectivity index (χ2v) is 14.7. The average Bonchev–Trinajstić information content (AvgIpc) is 3.22. The van der Waals surface area contributed by atoms with E-state index in [0.29, 0.717) is 25.1 Å². The number of carbonyl (C=O) groups is 2. The fraction of sp³-hybridized carbons (Fsp3) is 0.304. The molecule has 2 heterocycles. The minimum Gasteiger partial charge on any atom is -0.350 e. The van der Waals surface area contributed by atoms with E-state index >= 15 is 0 Å². The van der Waals surface area contributed by atoms with Crippen molar-refractivity contribution in [2.75, 3.05) is 6.54 Å². The van der Waals surface area contributed by atoms with Crippen LogP contribution >= 0.6 is 0 Å². The Kier molecular flexibility index (Phi) is 11.0. The lowest BCUT2D eigenvalue weighted by molar-refractivity contribution is -0.123. The highest BCUT2D eigenvalue weighted by Crippen LogP contribution is 2.30. The van der Waals surface area contributed by atoms with Gasteiger partial charge in [0.25, 0.3) is 5.91 Å². The summed E-state index contributed by atoms with van der Waals surface area (Å²) < 4.78 is 0. The molecular weight excluding hydrogens is 669 g/mol. The molecule has 0 radical (unpaired) electrons. The Morgan fingerprint density at radius 2 is 1.30 bits per heavy atom. The van der Waals surface area contributed by atoms with Crippen LogP contribution < -0.4 is 21.3 Å². The molecule has 4 aromatic carbocycles. The summed E-state index contributed by atoms with van der Waals surface area (Å²) in [4.78, 5) is 37.5. The summed E-state index contributed by atoms with van der Waals surface area (Å²) in [5.41, 5.74) is 7.63. The van der Waals surface area contributed by atoms with Crippen LogP contribution in [0.2, 0.25) is 0 Å². The van der Waals surface area contributed by atoms with Gasteiger partial charge in [0.2, 0.25) is 5.91 Å². The minimum absolute atomic E-state index is 0.188. The van der Waals surface area contributed by atoms with Gasteiger partial charge in [-0.2, -0.15) is 0 Å². The normalized spacial score (nSPS) is 17.0. The number of hydrogen-bond acceptors (Lipinski definition) is 6. The number of pyridine rings is 2. The molecule has 274 valence electrons. The summed E-state index contributed by atoms with van der Waals surface area (Å²) in [6, 6.07) is 34.4. The first-order valence-electron chi connectivity index (χ1n) is 19.5. The second kappa shape index (κ2) is 16.7. The van der Waals surface area contributed by atoms with Crippen LogP contribution in [0.5, 0.6) is 0 Å². The lowest BCUT2D eigenvalue weighted by Crippen LogP contribution is -2.47. The predicted octanol–water partition coefficient (Wildman–Crippen LogP) is 7.81. The van der Waals surface area contributed by atoms with Gasteiger partial charge in [-0.1, -0.05) is 84.9 Å². The zero-order chi connectivity index (χ0) is 36.7. The Labute approximate surface area is 317 Å². The molecule has 2 amide bonds. The zero-order valence-electron chi connectivity index (χ0n) is 30.7. The highest BCUT2D eigenvalue weighted by molar-refractivity contribution is 6.09. The molecule has 2 unspecified atom stereocenters. The quantitative estimate of drug-likeness (QED) is 0.0909. The molecule has 2 aliphatic rings. The van der Waals surface area contributed by atoms with Crippen molar-refractivity contribution >= 4 is 33.4 Å². The maximum absolute atomic E-state index is 14.2. The summed E-state index contributed by atoms with van der Waals surface area (Å²) in [5, 5.41) is 17.9. The number of fused-ring (bicyclic) bond motifs is 4. The van der Waals surface area contributed by atoms with E-state index in [1.165, 1.54) is 11.1 Å². The first-order valence-corrected chi connectivity index (χ1v) is 19.5. The number of rotatable bonds is 13. The molecule has 0 spiro atoms. The smallest absolute Gasteiger partial charge is 0.252 e. The van der Waals surface area contributed by atoms with E-state index in [1.807, 2.05) is 79.1 Å². The lowest BCUT2D eigenvalue weighted by atomic mass is 9.91. The number of aromatic nitrogens is 2. The fourth-order valence-electron chi connectivity index (χ4n) is 8.40. The molecular formula is C46H48N6O2. The summed E-state index contributed by atoms with van der Waals surface area (Å²) in [6.07, 6.45) is 11.4. The topological polar surface area (TPSA) is 108 Å². The number of aryl methyl sites for hydroxylation is 2. The number of carbonyl (C=O) groups excluding carboxylic acids is 2. The molecule has 2 aromatic heterocycles. The average molecular weight is 717 g/mol. The molecule has 0 aliphatic heterocycles. The molecule has 8 heteroatoms. The number of hydrogen-bond donors (Lipinski definition) is 4. The number of nitrogens with one attached hydrogen (secondary N) is 4. The van der Waals surface area contributed by atoms with Gasteiger partial charge in [-0.15, -0.1) is 0 Å². The van der Waals surface area contributed by atoms with Gasteiger partial charge in [0, 0.05) is 37.1 Å². The summed E-state index contributed by atoms with van der Waals surface area (Å²) >= 11 is 0. The van der Waals surface area contributed by atoms with E-state index in [0.717, 1.165) is 95.6 Å². The van der Waals surface area contributed by atoms with Gasteiger partial charge < -0.3 is 21.3 Å². The molecule has 3 atom stereocenters. The van der Waals surface area contributed by atoms with Crippen molar-refractivity contribution < 1.29 is 9.59 Å². The summed E-state index contributed by atoms with van der Waals surface area (Å²) in [5.74, 6) is -0.438. The van der Waals surface area contributed by atoms with E-state index in [4.69, 9.17) is 4.98 Å². The lowest BCUT2D eigenvalue weighted by Gasteiger charge is -2.26. The maximum Gasteiger partial charge on any atom is 0.252 e. The third-order valence-electron chi connectivity index (χ3n) is 11.2. The van der Waals surface area contributed by atoms with Crippen molar-refractivity contribution in [3.63, 3.8) is 0 Å². The van der Waals surface area contributed by atoms with E-state index in [1.54, 1.807) is 0 Å². The Balaban J connectivity index is 0.977. The maximum atomic E-state index is 14.2. The highest BCUT2D eigenvalue weighted by Gasteiger charge is 2.25. The van der Waals surface area contributed by atoms with Crippen LogP contribution in [0, 0.1) is 0 Å². The molecule has 0 fully saturated rings. The van der Waals surface area contributed by atoms with Crippen LogP contribution in [0.1, 0.15) is 94.6 Å². The van der Waals surface area contributed by atoms with E-state index in [9.17, 15) is 9.59 Å². The van der Waals surface area contributed by atoms with Crippen molar-refractivity contribution in [3.8, 4) is 0 Å². The van der Waals surface area contributed by atoms with Crippen molar-refractivity contribution in [1.82, 2.24) is 31.2 Å². The molecule has 6 aromatic rings. The summed E-state index contributed by atoms with van der Waals surface area (Å²) in [6.45, 7) is 1.76. The minimum atomic E-state index is -0.704. The van der Waals surface area contributed by atoms with Crippen molar-refractivity contribution in [2.24, 2.45) is 0 Å². The Morgan fingerprint density at radius 1 is 0.648 bits per heavy atom.